The molecule has 2 saturated heterocycles. The van der Waals surface area contributed by atoms with Crippen LogP contribution in [0.2, 0.25) is 0 Å². The molecule has 0 spiro atoms. The van der Waals surface area contributed by atoms with Crippen LogP contribution >= 0.6 is 0 Å². The van der Waals surface area contributed by atoms with Gasteiger partial charge in [0.15, 0.2) is 0 Å². The van der Waals surface area contributed by atoms with E-state index < -0.39 is 10.0 Å². The fourth-order valence-corrected chi connectivity index (χ4v) is 6.31. The van der Waals surface area contributed by atoms with E-state index >= 15 is 0 Å². The second-order valence-electron chi connectivity index (χ2n) is 9.74. The minimum Gasteiger partial charge on any atom is -0.383 e. The standard InChI is InChI=1S/C26H35N7O4S/c1-19-17-20(8-15-37-19)25-28-18-24(30-25)23-7-9-27-26(31-23)29-21-3-5-22(6-4-21)38(34,35)33-12-10-32(11-13-33)14-16-36-2/h3-7,9,18-20H,8,10-17H2,1-2H3,(H,28,30)(H,27,29,31). The minimum atomic E-state index is -3.55. The molecule has 1 aromatic carbocycles. The predicted octanol–water partition coefficient (Wildman–Crippen LogP) is 2.85. The molecule has 0 amide bonds. The molecule has 0 radical (unpaired) electrons. The van der Waals surface area contributed by atoms with Crippen molar-refractivity contribution in [3.05, 3.63) is 48.5 Å². The fourth-order valence-electron chi connectivity index (χ4n) is 4.89. The summed E-state index contributed by atoms with van der Waals surface area (Å²) >= 11 is 0. The zero-order valence-corrected chi connectivity index (χ0v) is 22.7. The van der Waals surface area contributed by atoms with Gasteiger partial charge in [0, 0.05) is 64.2 Å². The topological polar surface area (TPSA) is 126 Å². The van der Waals surface area contributed by atoms with Crippen LogP contribution < -0.4 is 5.32 Å². The summed E-state index contributed by atoms with van der Waals surface area (Å²) in [6, 6.07) is 8.54. The Balaban J connectivity index is 1.22. The monoisotopic (exact) mass is 541 g/mol. The number of methoxy groups -OCH3 is 1. The van der Waals surface area contributed by atoms with Gasteiger partial charge in [-0.3, -0.25) is 4.90 Å². The summed E-state index contributed by atoms with van der Waals surface area (Å²) in [4.78, 5) is 19.4. The summed E-state index contributed by atoms with van der Waals surface area (Å²) in [5.74, 6) is 1.72. The molecule has 2 aliphatic rings. The average molecular weight is 542 g/mol. The molecule has 5 rings (SSSR count). The van der Waals surface area contributed by atoms with Gasteiger partial charge in [-0.05, 0) is 50.1 Å². The highest BCUT2D eigenvalue weighted by atomic mass is 32.2. The van der Waals surface area contributed by atoms with Gasteiger partial charge in [0.25, 0.3) is 0 Å². The molecule has 2 atom stereocenters. The van der Waals surface area contributed by atoms with E-state index in [0.717, 1.165) is 43.2 Å². The highest BCUT2D eigenvalue weighted by Crippen LogP contribution is 2.29. The first-order valence-electron chi connectivity index (χ1n) is 13.0. The number of sulfonamides is 1. The van der Waals surface area contributed by atoms with Crippen molar-refractivity contribution in [1.29, 1.82) is 0 Å². The van der Waals surface area contributed by atoms with Crippen LogP contribution in [0.15, 0.2) is 47.6 Å². The quantitative estimate of drug-likeness (QED) is 0.421. The third-order valence-electron chi connectivity index (χ3n) is 7.09. The van der Waals surface area contributed by atoms with E-state index in [9.17, 15) is 8.42 Å². The highest BCUT2D eigenvalue weighted by molar-refractivity contribution is 7.89. The third-order valence-corrected chi connectivity index (χ3v) is 9.00. The van der Waals surface area contributed by atoms with Crippen molar-refractivity contribution in [2.75, 3.05) is 58.4 Å². The highest BCUT2D eigenvalue weighted by Gasteiger charge is 2.28. The van der Waals surface area contributed by atoms with Crippen molar-refractivity contribution in [3.8, 4) is 11.4 Å². The van der Waals surface area contributed by atoms with Gasteiger partial charge in [0.2, 0.25) is 16.0 Å². The predicted molar refractivity (Wildman–Crippen MR) is 144 cm³/mol. The van der Waals surface area contributed by atoms with Crippen LogP contribution in [0, 0.1) is 0 Å². The van der Waals surface area contributed by atoms with Crippen molar-refractivity contribution in [2.24, 2.45) is 0 Å². The molecule has 11 nitrogen and oxygen atoms in total. The number of aromatic amines is 1. The Bertz CT molecular complexity index is 1310. The molecule has 2 aliphatic heterocycles. The van der Waals surface area contributed by atoms with E-state index in [-0.39, 0.29) is 11.0 Å². The summed E-state index contributed by atoms with van der Waals surface area (Å²) in [7, 11) is -1.88. The lowest BCUT2D eigenvalue weighted by Crippen LogP contribution is -2.49. The molecule has 2 aromatic heterocycles. The van der Waals surface area contributed by atoms with E-state index in [1.54, 1.807) is 48.1 Å². The Kier molecular flexibility index (Phi) is 8.34. The number of H-pyrrole nitrogens is 1. The fraction of sp³-hybridized carbons (Fsp3) is 0.500. The lowest BCUT2D eigenvalue weighted by Gasteiger charge is -2.33. The number of rotatable bonds is 9. The minimum absolute atomic E-state index is 0.231. The second-order valence-corrected chi connectivity index (χ2v) is 11.7. The second kappa shape index (κ2) is 11.9. The van der Waals surface area contributed by atoms with Crippen LogP contribution in [-0.2, 0) is 19.5 Å². The number of hydrogen-bond donors (Lipinski definition) is 2. The molecular formula is C26H35N7O4S. The van der Waals surface area contributed by atoms with Crippen molar-refractivity contribution in [2.45, 2.75) is 36.7 Å². The molecule has 12 heteroatoms. The Morgan fingerprint density at radius 3 is 2.66 bits per heavy atom. The SMILES string of the molecule is COCCN1CCN(S(=O)(=O)c2ccc(Nc3nccc(-c4cnc(C5CCOC(C)C5)[nH]4)n3)cc2)CC1. The molecule has 2 N–H and O–H groups in total. The van der Waals surface area contributed by atoms with E-state index in [4.69, 9.17) is 9.47 Å². The van der Waals surface area contributed by atoms with Crippen molar-refractivity contribution in [1.82, 2.24) is 29.1 Å². The Labute approximate surface area is 223 Å². The molecule has 2 unspecified atom stereocenters. The maximum Gasteiger partial charge on any atom is 0.243 e. The number of hydrogen-bond acceptors (Lipinski definition) is 9. The molecule has 0 saturated carbocycles. The summed E-state index contributed by atoms with van der Waals surface area (Å²) in [5.41, 5.74) is 2.26. The van der Waals surface area contributed by atoms with Crippen LogP contribution in [0.4, 0.5) is 11.6 Å². The smallest absolute Gasteiger partial charge is 0.243 e. The van der Waals surface area contributed by atoms with E-state index in [1.807, 2.05) is 6.07 Å². The van der Waals surface area contributed by atoms with Crippen LogP contribution in [0.3, 0.4) is 0 Å². The number of ether oxygens (including phenoxy) is 2. The van der Waals surface area contributed by atoms with Crippen LogP contribution in [0.5, 0.6) is 0 Å². The van der Waals surface area contributed by atoms with Gasteiger partial charge in [-0.15, -0.1) is 0 Å². The number of benzene rings is 1. The van der Waals surface area contributed by atoms with Gasteiger partial charge in [0.1, 0.15) is 5.82 Å². The van der Waals surface area contributed by atoms with Gasteiger partial charge < -0.3 is 19.8 Å². The lowest BCUT2D eigenvalue weighted by atomic mass is 9.96. The average Bonchev–Trinajstić information content (AvgIpc) is 3.43. The van der Waals surface area contributed by atoms with Gasteiger partial charge >= 0.3 is 0 Å². The number of anilines is 2. The number of imidazole rings is 1. The van der Waals surface area contributed by atoms with Crippen LogP contribution in [-0.4, -0.2) is 96.7 Å². The normalized spacial score (nSPS) is 21.4. The number of nitrogens with zero attached hydrogens (tertiary/aromatic N) is 5. The van der Waals surface area contributed by atoms with Crippen molar-refractivity contribution < 1.29 is 17.9 Å². The van der Waals surface area contributed by atoms with Gasteiger partial charge in [-0.2, -0.15) is 4.31 Å². The summed E-state index contributed by atoms with van der Waals surface area (Å²) in [6.07, 6.45) is 5.62. The third kappa shape index (κ3) is 6.21. The molecule has 38 heavy (non-hydrogen) atoms. The van der Waals surface area contributed by atoms with Gasteiger partial charge in [-0.25, -0.2) is 23.4 Å². The van der Waals surface area contributed by atoms with Crippen molar-refractivity contribution in [3.63, 3.8) is 0 Å². The Morgan fingerprint density at radius 1 is 1.13 bits per heavy atom. The Morgan fingerprint density at radius 2 is 1.92 bits per heavy atom. The number of piperazine rings is 1. The van der Waals surface area contributed by atoms with E-state index in [1.165, 1.54) is 0 Å². The lowest BCUT2D eigenvalue weighted by molar-refractivity contribution is 0.0174. The molecule has 4 heterocycles. The summed E-state index contributed by atoms with van der Waals surface area (Å²) in [6.45, 7) is 6.62. The largest absolute Gasteiger partial charge is 0.383 e. The van der Waals surface area contributed by atoms with Gasteiger partial charge in [0.05, 0.1) is 35.2 Å². The van der Waals surface area contributed by atoms with E-state index in [0.29, 0.717) is 50.3 Å². The Hall–Kier alpha value is -2.90. The molecule has 3 aromatic rings. The van der Waals surface area contributed by atoms with E-state index in [2.05, 4.69) is 37.1 Å². The maximum atomic E-state index is 13.1. The van der Waals surface area contributed by atoms with Crippen LogP contribution in [0.1, 0.15) is 31.5 Å². The van der Waals surface area contributed by atoms with Crippen LogP contribution in [0.25, 0.3) is 11.4 Å². The first-order valence-corrected chi connectivity index (χ1v) is 14.4. The molecular weight excluding hydrogens is 506 g/mol. The van der Waals surface area contributed by atoms with Crippen molar-refractivity contribution >= 4 is 21.7 Å². The maximum absolute atomic E-state index is 13.1. The molecule has 204 valence electrons. The summed E-state index contributed by atoms with van der Waals surface area (Å²) in [5, 5.41) is 3.17. The zero-order chi connectivity index (χ0) is 26.5. The molecule has 0 aliphatic carbocycles. The summed E-state index contributed by atoms with van der Waals surface area (Å²) < 4.78 is 38.6. The molecule has 2 fully saturated rings. The zero-order valence-electron chi connectivity index (χ0n) is 21.8. The van der Waals surface area contributed by atoms with Gasteiger partial charge in [-0.1, -0.05) is 0 Å². The first-order chi connectivity index (χ1) is 18.4. The first kappa shape index (κ1) is 26.7. The number of nitrogens with one attached hydrogen (secondary N) is 2. The molecule has 0 bridgehead atoms. The number of aromatic nitrogens is 4.